The fourth-order valence-corrected chi connectivity index (χ4v) is 2.00. The van der Waals surface area contributed by atoms with E-state index in [1.807, 2.05) is 0 Å². The first kappa shape index (κ1) is 9.18. The third kappa shape index (κ3) is 0.818. The van der Waals surface area contributed by atoms with Crippen LogP contribution >= 0.6 is 0 Å². The van der Waals surface area contributed by atoms with Crippen molar-refractivity contribution in [1.82, 2.24) is 5.32 Å². The molecule has 14 heavy (non-hydrogen) atoms. The molecule has 5 nitrogen and oxygen atoms in total. The molecule has 0 radical (unpaired) electrons. The molecular formula is C9H11NO4. The van der Waals surface area contributed by atoms with Gasteiger partial charge in [0.25, 0.3) is 5.91 Å². The van der Waals surface area contributed by atoms with Gasteiger partial charge >= 0.3 is 5.97 Å². The van der Waals surface area contributed by atoms with Crippen LogP contribution in [0.1, 0.15) is 26.7 Å². The molecule has 0 saturated carbocycles. The largest absolute Gasteiger partial charge is 0.448 e. The summed E-state index contributed by atoms with van der Waals surface area (Å²) in [5.41, 5.74) is -2.22. The van der Waals surface area contributed by atoms with Gasteiger partial charge in [-0.3, -0.25) is 19.7 Å². The molecule has 1 N–H and O–H groups in total. The van der Waals surface area contributed by atoms with Gasteiger partial charge in [-0.2, -0.15) is 0 Å². The number of hydrogen-bond donors (Lipinski definition) is 1. The highest BCUT2D eigenvalue weighted by atomic mass is 16.6. The second-order valence-corrected chi connectivity index (χ2v) is 4.21. The number of carbonyl (C=O) groups excluding carboxylic acids is 3. The van der Waals surface area contributed by atoms with Crippen molar-refractivity contribution in [3.8, 4) is 0 Å². The van der Waals surface area contributed by atoms with Gasteiger partial charge in [-0.15, -0.1) is 0 Å². The third-order valence-corrected chi connectivity index (χ3v) is 3.14. The van der Waals surface area contributed by atoms with Crippen LogP contribution in [0.4, 0.5) is 0 Å². The molecule has 2 rings (SSSR count). The first-order valence-corrected chi connectivity index (χ1v) is 4.48. The highest BCUT2D eigenvalue weighted by Gasteiger charge is 2.66. The van der Waals surface area contributed by atoms with Gasteiger partial charge in [0, 0.05) is 12.8 Å². The van der Waals surface area contributed by atoms with Gasteiger partial charge in [-0.25, -0.2) is 0 Å². The number of esters is 1. The summed E-state index contributed by atoms with van der Waals surface area (Å²) in [5.74, 6) is -1.28. The maximum atomic E-state index is 11.6. The summed E-state index contributed by atoms with van der Waals surface area (Å²) in [7, 11) is 0. The number of hydrogen-bond acceptors (Lipinski definition) is 4. The Morgan fingerprint density at radius 2 is 1.86 bits per heavy atom. The number of imide groups is 1. The zero-order valence-electron chi connectivity index (χ0n) is 8.05. The Morgan fingerprint density at radius 1 is 1.21 bits per heavy atom. The van der Waals surface area contributed by atoms with E-state index in [-0.39, 0.29) is 18.7 Å². The minimum Gasteiger partial charge on any atom is -0.448 e. The minimum atomic E-state index is -1.26. The van der Waals surface area contributed by atoms with E-state index in [4.69, 9.17) is 4.74 Å². The number of ether oxygens (including phenoxy) is 1. The third-order valence-electron chi connectivity index (χ3n) is 3.14. The van der Waals surface area contributed by atoms with Crippen LogP contribution in [0.2, 0.25) is 0 Å². The van der Waals surface area contributed by atoms with Crippen LogP contribution in [0.3, 0.4) is 0 Å². The first-order chi connectivity index (χ1) is 6.40. The lowest BCUT2D eigenvalue weighted by atomic mass is 9.75. The minimum absolute atomic E-state index is 0.199. The Labute approximate surface area is 80.8 Å². The van der Waals surface area contributed by atoms with E-state index >= 15 is 0 Å². The molecule has 0 aromatic rings. The summed E-state index contributed by atoms with van der Waals surface area (Å²) < 4.78 is 5.04. The van der Waals surface area contributed by atoms with E-state index in [2.05, 4.69) is 5.32 Å². The molecular weight excluding hydrogens is 186 g/mol. The second-order valence-electron chi connectivity index (χ2n) is 4.21. The van der Waals surface area contributed by atoms with Crippen molar-refractivity contribution in [2.24, 2.45) is 5.41 Å². The van der Waals surface area contributed by atoms with Crippen LogP contribution < -0.4 is 5.32 Å². The van der Waals surface area contributed by atoms with Gasteiger partial charge in [0.15, 0.2) is 0 Å². The maximum absolute atomic E-state index is 11.6. The Kier molecular flexibility index (Phi) is 1.54. The van der Waals surface area contributed by atoms with Crippen molar-refractivity contribution >= 4 is 17.8 Å². The van der Waals surface area contributed by atoms with Crippen molar-refractivity contribution in [2.45, 2.75) is 32.3 Å². The van der Waals surface area contributed by atoms with Gasteiger partial charge < -0.3 is 4.74 Å². The monoisotopic (exact) mass is 197 g/mol. The van der Waals surface area contributed by atoms with Crippen molar-refractivity contribution in [3.63, 3.8) is 0 Å². The topological polar surface area (TPSA) is 72.5 Å². The molecule has 2 aliphatic rings. The summed E-state index contributed by atoms with van der Waals surface area (Å²) in [4.78, 5) is 34.0. The summed E-state index contributed by atoms with van der Waals surface area (Å²) in [5, 5.41) is 2.21. The van der Waals surface area contributed by atoms with E-state index in [0.717, 1.165) is 0 Å². The maximum Gasteiger partial charge on any atom is 0.307 e. The highest BCUT2D eigenvalue weighted by Crippen LogP contribution is 2.46. The van der Waals surface area contributed by atoms with Crippen LogP contribution in [-0.2, 0) is 19.1 Å². The first-order valence-electron chi connectivity index (χ1n) is 4.48. The van der Waals surface area contributed by atoms with Crippen LogP contribution in [0.25, 0.3) is 0 Å². The molecule has 2 amide bonds. The zero-order valence-corrected chi connectivity index (χ0v) is 8.05. The normalized spacial score (nSPS) is 34.9. The Morgan fingerprint density at radius 3 is 2.21 bits per heavy atom. The van der Waals surface area contributed by atoms with Crippen LogP contribution in [-0.4, -0.2) is 23.4 Å². The molecule has 0 aliphatic carbocycles. The Balaban J connectivity index is 2.47. The molecule has 2 aliphatic heterocycles. The molecule has 1 atom stereocenters. The molecule has 0 aromatic heterocycles. The van der Waals surface area contributed by atoms with Crippen molar-refractivity contribution in [1.29, 1.82) is 0 Å². The molecule has 76 valence electrons. The number of nitrogens with one attached hydrogen (secondary N) is 1. The molecule has 1 spiro atoms. The lowest BCUT2D eigenvalue weighted by molar-refractivity contribution is -0.164. The smallest absolute Gasteiger partial charge is 0.307 e. The van der Waals surface area contributed by atoms with Crippen molar-refractivity contribution < 1.29 is 19.1 Å². The second kappa shape index (κ2) is 2.34. The number of carbonyl (C=O) groups is 3. The molecule has 2 saturated heterocycles. The summed E-state index contributed by atoms with van der Waals surface area (Å²) >= 11 is 0. The van der Waals surface area contributed by atoms with Gasteiger partial charge in [0.1, 0.15) is 0 Å². The van der Waals surface area contributed by atoms with Crippen LogP contribution in [0.5, 0.6) is 0 Å². The molecule has 0 aromatic carbocycles. The van der Waals surface area contributed by atoms with E-state index in [1.54, 1.807) is 13.8 Å². The van der Waals surface area contributed by atoms with Gasteiger partial charge in [-0.05, 0) is 13.8 Å². The van der Waals surface area contributed by atoms with Crippen LogP contribution in [0.15, 0.2) is 0 Å². The average molecular weight is 197 g/mol. The van der Waals surface area contributed by atoms with E-state index in [1.165, 1.54) is 0 Å². The molecule has 2 heterocycles. The van der Waals surface area contributed by atoms with Crippen LogP contribution in [0, 0.1) is 5.41 Å². The average Bonchev–Trinajstić information content (AvgIpc) is 2.53. The van der Waals surface area contributed by atoms with Crippen molar-refractivity contribution in [2.75, 3.05) is 0 Å². The Hall–Kier alpha value is -1.39. The van der Waals surface area contributed by atoms with Gasteiger partial charge in [0.05, 0.1) is 5.41 Å². The standard InChI is InChI=1S/C9H11NO4/c1-8(2)6(12)10-7(13)9(8)4-3-5(11)14-9/h3-4H2,1-2H3,(H,10,12,13)/t9-/m0/s1. The van der Waals surface area contributed by atoms with Gasteiger partial charge in [0.2, 0.25) is 11.5 Å². The number of rotatable bonds is 0. The lowest BCUT2D eigenvalue weighted by Crippen LogP contribution is -2.47. The van der Waals surface area contributed by atoms with E-state index < -0.39 is 22.9 Å². The quantitative estimate of drug-likeness (QED) is 0.429. The molecule has 5 heteroatoms. The van der Waals surface area contributed by atoms with Gasteiger partial charge in [-0.1, -0.05) is 0 Å². The fraction of sp³-hybridized carbons (Fsp3) is 0.667. The van der Waals surface area contributed by atoms with Crippen molar-refractivity contribution in [3.05, 3.63) is 0 Å². The number of amides is 2. The molecule has 0 bridgehead atoms. The highest BCUT2D eigenvalue weighted by molar-refractivity contribution is 6.12. The lowest BCUT2D eigenvalue weighted by Gasteiger charge is -2.30. The zero-order chi connectivity index (χ0) is 10.6. The molecule has 0 unspecified atom stereocenters. The summed E-state index contributed by atoms with van der Waals surface area (Å²) in [6.07, 6.45) is 0.487. The predicted octanol–water partition coefficient (Wildman–Crippen LogP) is -0.255. The van der Waals surface area contributed by atoms with E-state index in [0.29, 0.717) is 0 Å². The predicted molar refractivity (Wildman–Crippen MR) is 45.0 cm³/mol. The fourth-order valence-electron chi connectivity index (χ4n) is 2.00. The Bertz CT molecular complexity index is 347. The van der Waals surface area contributed by atoms with E-state index in [9.17, 15) is 14.4 Å². The summed E-state index contributed by atoms with van der Waals surface area (Å²) in [6.45, 7) is 3.23. The summed E-state index contributed by atoms with van der Waals surface area (Å²) in [6, 6.07) is 0. The SMILES string of the molecule is CC1(C)C(=O)NC(=O)[C@@]12CCC(=O)O2. The molecule has 2 fully saturated rings.